The number of hydrogen-bond acceptors (Lipinski definition) is 6. The average molecular weight is 385 g/mol. The van der Waals surface area contributed by atoms with E-state index in [0.29, 0.717) is 31.9 Å². The van der Waals surface area contributed by atoms with Crippen LogP contribution in [0.3, 0.4) is 0 Å². The van der Waals surface area contributed by atoms with Gasteiger partial charge in [0, 0.05) is 44.0 Å². The van der Waals surface area contributed by atoms with Crippen LogP contribution in [0.4, 0.5) is 11.4 Å². The minimum atomic E-state index is -0.973. The zero-order chi connectivity index (χ0) is 20.1. The Morgan fingerprint density at radius 3 is 2.36 bits per heavy atom. The molecule has 3 rings (SSSR count). The summed E-state index contributed by atoms with van der Waals surface area (Å²) in [5.74, 6) is -0.751. The first-order valence-electron chi connectivity index (χ1n) is 8.67. The van der Waals surface area contributed by atoms with E-state index in [9.17, 15) is 19.7 Å². The average Bonchev–Trinajstić information content (AvgIpc) is 2.72. The number of hydrogen-bond donors (Lipinski definition) is 1. The van der Waals surface area contributed by atoms with Gasteiger partial charge in [0.15, 0.2) is 6.61 Å². The number of piperazine rings is 1. The molecular formula is C19H19N3O6. The lowest BCUT2D eigenvalue weighted by Crippen LogP contribution is -2.50. The van der Waals surface area contributed by atoms with Crippen LogP contribution in [0, 0.1) is 10.1 Å². The van der Waals surface area contributed by atoms with Crippen LogP contribution in [0.15, 0.2) is 48.5 Å². The summed E-state index contributed by atoms with van der Waals surface area (Å²) in [7, 11) is 0. The molecule has 1 aliphatic heterocycles. The number of amides is 1. The van der Waals surface area contributed by atoms with E-state index in [1.165, 1.54) is 24.3 Å². The fraction of sp³-hybridized carbons (Fsp3) is 0.263. The quantitative estimate of drug-likeness (QED) is 0.598. The summed E-state index contributed by atoms with van der Waals surface area (Å²) in [6, 6.07) is 12.3. The fourth-order valence-electron chi connectivity index (χ4n) is 2.95. The number of carbonyl (C=O) groups is 2. The monoisotopic (exact) mass is 385 g/mol. The van der Waals surface area contributed by atoms with Gasteiger partial charge in [-0.3, -0.25) is 14.9 Å². The third kappa shape index (κ3) is 4.56. The van der Waals surface area contributed by atoms with E-state index >= 15 is 0 Å². The van der Waals surface area contributed by atoms with Gasteiger partial charge in [0.25, 0.3) is 11.6 Å². The number of benzene rings is 2. The molecule has 0 aliphatic carbocycles. The molecule has 28 heavy (non-hydrogen) atoms. The molecule has 0 bridgehead atoms. The van der Waals surface area contributed by atoms with Crippen LogP contribution in [0.1, 0.15) is 10.4 Å². The highest BCUT2D eigenvalue weighted by Gasteiger charge is 2.22. The maximum absolute atomic E-state index is 12.3. The summed E-state index contributed by atoms with van der Waals surface area (Å²) < 4.78 is 5.42. The smallest absolute Gasteiger partial charge is 0.335 e. The van der Waals surface area contributed by atoms with Crippen molar-refractivity contribution in [1.82, 2.24) is 4.90 Å². The zero-order valence-corrected chi connectivity index (χ0v) is 15.0. The molecule has 9 nitrogen and oxygen atoms in total. The van der Waals surface area contributed by atoms with Crippen molar-refractivity contribution in [3.05, 3.63) is 64.2 Å². The van der Waals surface area contributed by atoms with Gasteiger partial charge in [-0.15, -0.1) is 0 Å². The molecule has 1 amide bonds. The normalized spacial score (nSPS) is 13.9. The minimum absolute atomic E-state index is 0.0400. The Balaban J connectivity index is 1.50. The highest BCUT2D eigenvalue weighted by atomic mass is 16.6. The maximum atomic E-state index is 12.3. The molecule has 1 heterocycles. The molecule has 9 heteroatoms. The highest BCUT2D eigenvalue weighted by Crippen LogP contribution is 2.19. The molecule has 0 aromatic heterocycles. The lowest BCUT2D eigenvalue weighted by Gasteiger charge is -2.36. The molecule has 0 unspecified atom stereocenters. The van der Waals surface area contributed by atoms with Gasteiger partial charge in [-0.05, 0) is 30.3 Å². The number of rotatable bonds is 6. The molecule has 146 valence electrons. The summed E-state index contributed by atoms with van der Waals surface area (Å²) in [6.07, 6.45) is 0. The van der Waals surface area contributed by atoms with E-state index in [1.54, 1.807) is 23.1 Å². The Hall–Kier alpha value is -3.62. The summed E-state index contributed by atoms with van der Waals surface area (Å²) in [5, 5.41) is 19.7. The topological polar surface area (TPSA) is 113 Å². The van der Waals surface area contributed by atoms with Crippen molar-refractivity contribution in [3.63, 3.8) is 0 Å². The van der Waals surface area contributed by atoms with Crippen molar-refractivity contribution < 1.29 is 24.4 Å². The molecule has 2 aromatic rings. The number of non-ortho nitro benzene ring substituents is 1. The van der Waals surface area contributed by atoms with Gasteiger partial charge in [-0.2, -0.15) is 0 Å². The van der Waals surface area contributed by atoms with Crippen molar-refractivity contribution in [1.29, 1.82) is 0 Å². The Kier molecular flexibility index (Phi) is 5.73. The third-order valence-electron chi connectivity index (χ3n) is 4.50. The van der Waals surface area contributed by atoms with Crippen molar-refractivity contribution in [2.45, 2.75) is 0 Å². The first-order valence-corrected chi connectivity index (χ1v) is 8.67. The number of ether oxygens (including phenoxy) is 1. The predicted molar refractivity (Wildman–Crippen MR) is 101 cm³/mol. The summed E-state index contributed by atoms with van der Waals surface area (Å²) in [5.41, 5.74) is 1.00. The second kappa shape index (κ2) is 8.38. The first kappa shape index (κ1) is 19.2. The number of carboxylic acid groups (broad SMARTS) is 1. The van der Waals surface area contributed by atoms with Crippen LogP contribution in [0.2, 0.25) is 0 Å². The van der Waals surface area contributed by atoms with Gasteiger partial charge >= 0.3 is 5.97 Å². The maximum Gasteiger partial charge on any atom is 0.335 e. The number of nitro benzene ring substituents is 1. The predicted octanol–water partition coefficient (Wildman–Crippen LogP) is 2.02. The molecule has 1 aliphatic rings. The first-order chi connectivity index (χ1) is 13.4. The van der Waals surface area contributed by atoms with E-state index in [2.05, 4.69) is 0 Å². The molecular weight excluding hydrogens is 366 g/mol. The number of carbonyl (C=O) groups excluding carboxylic acids is 1. The van der Waals surface area contributed by atoms with E-state index in [4.69, 9.17) is 9.84 Å². The summed E-state index contributed by atoms with van der Waals surface area (Å²) >= 11 is 0. The number of aromatic carboxylic acids is 1. The molecule has 0 saturated carbocycles. The number of carboxylic acids is 1. The Morgan fingerprint density at radius 2 is 1.75 bits per heavy atom. The summed E-state index contributed by atoms with van der Waals surface area (Å²) in [4.78, 5) is 37.3. The van der Waals surface area contributed by atoms with Crippen LogP contribution < -0.4 is 9.64 Å². The van der Waals surface area contributed by atoms with Crippen molar-refractivity contribution >= 4 is 23.3 Å². The largest absolute Gasteiger partial charge is 0.484 e. The lowest BCUT2D eigenvalue weighted by atomic mass is 10.1. The zero-order valence-electron chi connectivity index (χ0n) is 15.0. The summed E-state index contributed by atoms with van der Waals surface area (Å²) in [6.45, 7) is 2.03. The van der Waals surface area contributed by atoms with Gasteiger partial charge in [0.05, 0.1) is 10.5 Å². The van der Waals surface area contributed by atoms with Crippen LogP contribution >= 0.6 is 0 Å². The number of anilines is 1. The van der Waals surface area contributed by atoms with Gasteiger partial charge in [-0.1, -0.05) is 6.07 Å². The Bertz CT molecular complexity index is 875. The Labute approximate surface area is 160 Å². The van der Waals surface area contributed by atoms with Gasteiger partial charge in [-0.25, -0.2) is 4.79 Å². The van der Waals surface area contributed by atoms with Crippen LogP contribution in [-0.2, 0) is 4.79 Å². The molecule has 1 N–H and O–H groups in total. The second-order valence-corrected chi connectivity index (χ2v) is 6.26. The third-order valence-corrected chi connectivity index (χ3v) is 4.50. The Morgan fingerprint density at radius 1 is 1.07 bits per heavy atom. The minimum Gasteiger partial charge on any atom is -0.484 e. The molecule has 0 spiro atoms. The molecule has 0 atom stereocenters. The lowest BCUT2D eigenvalue weighted by molar-refractivity contribution is -0.384. The van der Waals surface area contributed by atoms with Gasteiger partial charge in [0.1, 0.15) is 5.75 Å². The number of nitrogens with zero attached hydrogens (tertiary/aromatic N) is 3. The van der Waals surface area contributed by atoms with Crippen molar-refractivity contribution in [2.24, 2.45) is 0 Å². The van der Waals surface area contributed by atoms with Crippen LogP contribution in [-0.4, -0.2) is 59.6 Å². The number of nitro groups is 1. The SMILES string of the molecule is O=C(O)c1cccc(N2CCN(C(=O)COc3ccc([N+](=O)[O-])cc3)CC2)c1. The standard InChI is InChI=1S/C19H19N3O6/c23-18(13-28-17-6-4-15(5-7-17)22(26)27)21-10-8-20(9-11-21)16-3-1-2-14(12-16)19(24)25/h1-7,12H,8-11,13H2,(H,24,25). The van der Waals surface area contributed by atoms with Gasteiger partial charge < -0.3 is 19.6 Å². The molecule has 1 saturated heterocycles. The van der Waals surface area contributed by atoms with E-state index in [0.717, 1.165) is 5.69 Å². The van der Waals surface area contributed by atoms with E-state index in [-0.39, 0.29) is 23.8 Å². The molecule has 1 fully saturated rings. The van der Waals surface area contributed by atoms with E-state index < -0.39 is 10.9 Å². The molecule has 0 radical (unpaired) electrons. The highest BCUT2D eigenvalue weighted by molar-refractivity contribution is 5.88. The molecule has 2 aromatic carbocycles. The van der Waals surface area contributed by atoms with Gasteiger partial charge in [0.2, 0.25) is 0 Å². The van der Waals surface area contributed by atoms with Crippen LogP contribution in [0.25, 0.3) is 0 Å². The van der Waals surface area contributed by atoms with E-state index in [1.807, 2.05) is 11.0 Å². The van der Waals surface area contributed by atoms with Crippen LogP contribution in [0.5, 0.6) is 5.75 Å². The second-order valence-electron chi connectivity index (χ2n) is 6.26. The fourth-order valence-corrected chi connectivity index (χ4v) is 2.95. The van der Waals surface area contributed by atoms with Crippen molar-refractivity contribution in [3.8, 4) is 5.75 Å². The van der Waals surface area contributed by atoms with Crippen molar-refractivity contribution in [2.75, 3.05) is 37.7 Å².